The quantitative estimate of drug-likeness (QED) is 0.384. The van der Waals surface area contributed by atoms with Gasteiger partial charge in [0.05, 0.1) is 32.0 Å². The van der Waals surface area contributed by atoms with Gasteiger partial charge in [0, 0.05) is 22.7 Å². The molecule has 3 rings (SSSR count). The first kappa shape index (κ1) is 22.8. The molecule has 0 spiro atoms. The summed E-state index contributed by atoms with van der Waals surface area (Å²) in [5.41, 5.74) is 2.65. The van der Waals surface area contributed by atoms with Crippen molar-refractivity contribution in [2.75, 3.05) is 14.2 Å². The fourth-order valence-corrected chi connectivity index (χ4v) is 3.31. The van der Waals surface area contributed by atoms with E-state index in [2.05, 4.69) is 6.07 Å². The fraction of sp³-hybridized carbons (Fsp3) is 0.269. The van der Waals surface area contributed by atoms with Gasteiger partial charge >= 0.3 is 0 Å². The predicted octanol–water partition coefficient (Wildman–Crippen LogP) is 5.14. The molecule has 0 saturated heterocycles. The van der Waals surface area contributed by atoms with Gasteiger partial charge in [-0.3, -0.25) is 9.48 Å². The number of nitrogens with zero attached hydrogens (tertiary/aromatic N) is 3. The smallest absolute Gasteiger partial charge is 0.178 e. The van der Waals surface area contributed by atoms with Gasteiger partial charge in [-0.25, -0.2) is 0 Å². The van der Waals surface area contributed by atoms with E-state index in [4.69, 9.17) is 14.6 Å². The topological polar surface area (TPSA) is 77.1 Å². The number of hydrogen-bond acceptors (Lipinski definition) is 5. The van der Waals surface area contributed by atoms with E-state index in [-0.39, 0.29) is 11.4 Å². The van der Waals surface area contributed by atoms with Crippen LogP contribution in [-0.4, -0.2) is 29.8 Å². The third-order valence-electron chi connectivity index (χ3n) is 4.98. The van der Waals surface area contributed by atoms with Gasteiger partial charge < -0.3 is 9.47 Å². The van der Waals surface area contributed by atoms with Crippen molar-refractivity contribution in [2.24, 2.45) is 5.41 Å². The zero-order valence-electron chi connectivity index (χ0n) is 19.0. The summed E-state index contributed by atoms with van der Waals surface area (Å²) in [5.74, 6) is 0.968. The number of benzene rings is 2. The zero-order valence-corrected chi connectivity index (χ0v) is 19.0. The van der Waals surface area contributed by atoms with Gasteiger partial charge in [0.25, 0.3) is 0 Å². The van der Waals surface area contributed by atoms with E-state index in [1.165, 1.54) is 0 Å². The number of carbonyl (C=O) groups is 1. The summed E-state index contributed by atoms with van der Waals surface area (Å²) >= 11 is 0. The van der Waals surface area contributed by atoms with Crippen LogP contribution in [0.2, 0.25) is 0 Å². The molecular formula is C26H27N3O3. The Morgan fingerprint density at radius 3 is 2.38 bits per heavy atom. The van der Waals surface area contributed by atoms with Crippen molar-refractivity contribution < 1.29 is 14.3 Å². The van der Waals surface area contributed by atoms with Gasteiger partial charge in [-0.1, -0.05) is 51.1 Å². The molecule has 0 aliphatic carbocycles. The van der Waals surface area contributed by atoms with Gasteiger partial charge in [0.2, 0.25) is 0 Å². The van der Waals surface area contributed by atoms with Gasteiger partial charge in [-0.15, -0.1) is 0 Å². The molecule has 6 nitrogen and oxygen atoms in total. The van der Waals surface area contributed by atoms with Crippen LogP contribution in [0, 0.1) is 16.7 Å². The lowest BCUT2D eigenvalue weighted by Crippen LogP contribution is -2.21. The minimum Gasteiger partial charge on any atom is -0.493 e. The summed E-state index contributed by atoms with van der Waals surface area (Å²) < 4.78 is 12.6. The van der Waals surface area contributed by atoms with Crippen LogP contribution >= 0.6 is 0 Å². The molecule has 0 N–H and O–H groups in total. The van der Waals surface area contributed by atoms with Crippen LogP contribution in [0.1, 0.15) is 31.9 Å². The average Bonchev–Trinajstić information content (AvgIpc) is 3.18. The lowest BCUT2D eigenvalue weighted by Gasteiger charge is -2.15. The molecule has 1 heterocycles. The van der Waals surface area contributed by atoms with Crippen molar-refractivity contribution in [3.63, 3.8) is 0 Å². The minimum atomic E-state index is -0.662. The number of Topliss-reactive ketones (excluding diaryl/α,β-unsaturated/α-hetero) is 1. The molecule has 0 amide bonds. The third-order valence-corrected chi connectivity index (χ3v) is 4.98. The SMILES string of the molecule is COc1ccc(-c2nn(Cc3ccccc3)cc2/C=C(\C#N)C(=O)C(C)(C)C)cc1OC. The number of aromatic nitrogens is 2. The van der Waals surface area contributed by atoms with Crippen molar-refractivity contribution in [3.8, 4) is 28.8 Å². The number of allylic oxidation sites excluding steroid dienone is 1. The molecule has 6 heteroatoms. The standard InChI is InChI=1S/C26H27N3O3/c1-26(2,3)25(30)20(15-27)13-21-17-29(16-18-9-7-6-8-10-18)28-24(21)19-11-12-22(31-4)23(14-19)32-5/h6-14,17H,16H2,1-5H3/b20-13+. The zero-order chi connectivity index (χ0) is 23.3. The Hall–Kier alpha value is -3.85. The van der Waals surface area contributed by atoms with Gasteiger partial charge in [0.1, 0.15) is 6.07 Å². The van der Waals surface area contributed by atoms with E-state index in [1.807, 2.05) is 59.4 Å². The van der Waals surface area contributed by atoms with E-state index in [0.717, 1.165) is 11.1 Å². The maximum Gasteiger partial charge on any atom is 0.178 e. The second-order valence-electron chi connectivity index (χ2n) is 8.43. The number of hydrogen-bond donors (Lipinski definition) is 0. The second kappa shape index (κ2) is 9.52. The highest BCUT2D eigenvalue weighted by Crippen LogP contribution is 2.34. The predicted molar refractivity (Wildman–Crippen MR) is 124 cm³/mol. The Kier molecular flexibility index (Phi) is 6.79. The third kappa shape index (κ3) is 5.06. The van der Waals surface area contributed by atoms with Crippen molar-refractivity contribution in [2.45, 2.75) is 27.3 Å². The number of carbonyl (C=O) groups excluding carboxylic acids is 1. The molecule has 2 aromatic carbocycles. The van der Waals surface area contributed by atoms with Crippen LogP contribution in [0.25, 0.3) is 17.3 Å². The lowest BCUT2D eigenvalue weighted by atomic mass is 9.86. The van der Waals surface area contributed by atoms with Gasteiger partial charge in [-0.05, 0) is 29.8 Å². The Balaban J connectivity index is 2.13. The maximum absolute atomic E-state index is 12.8. The Bertz CT molecular complexity index is 1180. The van der Waals surface area contributed by atoms with Crippen LogP contribution in [0.3, 0.4) is 0 Å². The number of nitriles is 1. The number of methoxy groups -OCH3 is 2. The number of ketones is 1. The fourth-order valence-electron chi connectivity index (χ4n) is 3.31. The summed E-state index contributed by atoms with van der Waals surface area (Å²) in [4.78, 5) is 12.8. The van der Waals surface area contributed by atoms with Crippen molar-refractivity contribution >= 4 is 11.9 Å². The first-order valence-corrected chi connectivity index (χ1v) is 10.3. The molecule has 0 fully saturated rings. The van der Waals surface area contributed by atoms with E-state index in [1.54, 1.807) is 41.1 Å². The van der Waals surface area contributed by atoms with Crippen LogP contribution in [0.15, 0.2) is 60.3 Å². The van der Waals surface area contributed by atoms with E-state index in [9.17, 15) is 10.1 Å². The molecule has 3 aromatic rings. The van der Waals surface area contributed by atoms with Crippen LogP contribution in [-0.2, 0) is 11.3 Å². The molecule has 0 aliphatic heterocycles. The molecule has 0 atom stereocenters. The minimum absolute atomic E-state index is 0.0958. The molecule has 0 aliphatic rings. The summed E-state index contributed by atoms with van der Waals surface area (Å²) in [6, 6.07) is 17.6. The maximum atomic E-state index is 12.8. The average molecular weight is 430 g/mol. The molecule has 0 unspecified atom stereocenters. The summed E-state index contributed by atoms with van der Waals surface area (Å²) in [6.45, 7) is 5.96. The molecule has 0 radical (unpaired) electrons. The highest BCUT2D eigenvalue weighted by Gasteiger charge is 2.26. The largest absolute Gasteiger partial charge is 0.493 e. The lowest BCUT2D eigenvalue weighted by molar-refractivity contribution is -0.121. The molecule has 164 valence electrons. The Morgan fingerprint density at radius 1 is 1.09 bits per heavy atom. The van der Waals surface area contributed by atoms with Crippen molar-refractivity contribution in [1.82, 2.24) is 9.78 Å². The van der Waals surface area contributed by atoms with Gasteiger partial charge in [0.15, 0.2) is 17.3 Å². The Labute approximate surface area is 188 Å². The van der Waals surface area contributed by atoms with Crippen molar-refractivity contribution in [3.05, 3.63) is 71.4 Å². The van der Waals surface area contributed by atoms with Crippen molar-refractivity contribution in [1.29, 1.82) is 5.26 Å². The summed E-state index contributed by atoms with van der Waals surface area (Å²) in [6.07, 6.45) is 3.47. The van der Waals surface area contributed by atoms with Gasteiger partial charge in [-0.2, -0.15) is 10.4 Å². The highest BCUT2D eigenvalue weighted by molar-refractivity contribution is 6.06. The molecule has 32 heavy (non-hydrogen) atoms. The monoisotopic (exact) mass is 429 g/mol. The first-order valence-electron chi connectivity index (χ1n) is 10.3. The normalized spacial score (nSPS) is 11.7. The van der Waals surface area contributed by atoms with E-state index >= 15 is 0 Å². The molecule has 0 saturated carbocycles. The molecule has 1 aromatic heterocycles. The first-order chi connectivity index (χ1) is 15.3. The Morgan fingerprint density at radius 2 is 1.78 bits per heavy atom. The summed E-state index contributed by atoms with van der Waals surface area (Å²) in [5, 5.41) is 14.4. The summed E-state index contributed by atoms with van der Waals surface area (Å²) in [7, 11) is 3.16. The number of ether oxygens (including phenoxy) is 2. The number of rotatable bonds is 7. The van der Waals surface area contributed by atoms with Crippen LogP contribution in [0.5, 0.6) is 11.5 Å². The van der Waals surface area contributed by atoms with E-state index in [0.29, 0.717) is 29.3 Å². The highest BCUT2D eigenvalue weighted by atomic mass is 16.5. The second-order valence-corrected chi connectivity index (χ2v) is 8.43. The molecular weight excluding hydrogens is 402 g/mol. The van der Waals surface area contributed by atoms with Crippen LogP contribution < -0.4 is 9.47 Å². The molecule has 0 bridgehead atoms. The van der Waals surface area contributed by atoms with E-state index < -0.39 is 5.41 Å². The van der Waals surface area contributed by atoms with Crippen LogP contribution in [0.4, 0.5) is 0 Å².